The highest BCUT2D eigenvalue weighted by Crippen LogP contribution is 2.31. The molecule has 0 aliphatic carbocycles. The fraction of sp³-hybridized carbons (Fsp3) is 0.182. The van der Waals surface area contributed by atoms with Gasteiger partial charge in [0.05, 0.1) is 15.2 Å². The molecule has 0 saturated heterocycles. The molecule has 0 unspecified atom stereocenters. The average Bonchev–Trinajstić information content (AvgIpc) is 2.85. The molecule has 6 heteroatoms. The highest BCUT2D eigenvalue weighted by molar-refractivity contribution is 14.1. The molecule has 3 aromatic heterocycles. The van der Waals surface area contributed by atoms with Gasteiger partial charge < -0.3 is 0 Å². The summed E-state index contributed by atoms with van der Waals surface area (Å²) in [5.41, 5.74) is 1.24. The Morgan fingerprint density at radius 1 is 1.29 bits per heavy atom. The van der Waals surface area contributed by atoms with Gasteiger partial charge in [0.1, 0.15) is 11.2 Å². The number of halogens is 1. The fourth-order valence-electron chi connectivity index (χ4n) is 1.75. The highest BCUT2D eigenvalue weighted by Gasteiger charge is 2.13. The van der Waals surface area contributed by atoms with Crippen LogP contribution in [0, 0.1) is 17.4 Å². The molecule has 17 heavy (non-hydrogen) atoms. The van der Waals surface area contributed by atoms with Crippen molar-refractivity contribution in [1.29, 1.82) is 0 Å². The molecule has 4 nitrogen and oxygen atoms in total. The van der Waals surface area contributed by atoms with Crippen molar-refractivity contribution in [2.45, 2.75) is 13.8 Å². The van der Waals surface area contributed by atoms with E-state index in [-0.39, 0.29) is 0 Å². The van der Waals surface area contributed by atoms with Gasteiger partial charge in [0.2, 0.25) is 0 Å². The normalized spacial score (nSPS) is 11.2. The summed E-state index contributed by atoms with van der Waals surface area (Å²) in [7, 11) is 0. The Bertz CT molecular complexity index is 701. The van der Waals surface area contributed by atoms with Crippen LogP contribution in [0.25, 0.3) is 16.0 Å². The highest BCUT2D eigenvalue weighted by atomic mass is 127. The molecule has 3 rings (SSSR count). The zero-order valence-corrected chi connectivity index (χ0v) is 12.3. The minimum atomic E-state index is 0.861. The number of hydrogen-bond acceptors (Lipinski definition) is 4. The number of nitrogens with zero attached hydrogens (tertiary/aromatic N) is 4. The lowest BCUT2D eigenvalue weighted by atomic mass is 10.2. The second-order valence-electron chi connectivity index (χ2n) is 3.76. The van der Waals surface area contributed by atoms with Crippen LogP contribution >= 0.6 is 33.9 Å². The summed E-state index contributed by atoms with van der Waals surface area (Å²) in [4.78, 5) is 11.0. The predicted molar refractivity (Wildman–Crippen MR) is 76.7 cm³/mol. The number of fused-ring (bicyclic) bond motifs is 1. The Morgan fingerprint density at radius 2 is 2.12 bits per heavy atom. The van der Waals surface area contributed by atoms with E-state index < -0.39 is 0 Å². The Balaban J connectivity index is 2.36. The fourth-order valence-corrected chi connectivity index (χ4v) is 3.13. The third kappa shape index (κ3) is 1.75. The minimum Gasteiger partial charge on any atom is -0.225 e. The molecule has 0 saturated carbocycles. The van der Waals surface area contributed by atoms with E-state index in [1.807, 2.05) is 17.1 Å². The number of aryl methyl sites for hydroxylation is 2. The van der Waals surface area contributed by atoms with Crippen molar-refractivity contribution in [2.24, 2.45) is 0 Å². The van der Waals surface area contributed by atoms with Crippen molar-refractivity contribution >= 4 is 44.1 Å². The maximum absolute atomic E-state index is 4.36. The third-order valence-electron chi connectivity index (χ3n) is 2.71. The first-order chi connectivity index (χ1) is 8.16. The van der Waals surface area contributed by atoms with E-state index in [2.05, 4.69) is 51.5 Å². The van der Waals surface area contributed by atoms with E-state index >= 15 is 0 Å². The van der Waals surface area contributed by atoms with Gasteiger partial charge in [0, 0.05) is 11.1 Å². The third-order valence-corrected chi connectivity index (χ3v) is 4.39. The first-order valence-corrected chi connectivity index (χ1v) is 6.97. The van der Waals surface area contributed by atoms with Gasteiger partial charge >= 0.3 is 0 Å². The van der Waals surface area contributed by atoms with Gasteiger partial charge in [0.15, 0.2) is 5.82 Å². The maximum Gasteiger partial charge on any atom is 0.165 e. The van der Waals surface area contributed by atoms with Gasteiger partial charge in [-0.2, -0.15) is 5.10 Å². The van der Waals surface area contributed by atoms with Crippen LogP contribution in [0.1, 0.15) is 10.4 Å². The van der Waals surface area contributed by atoms with Crippen LogP contribution in [-0.2, 0) is 0 Å². The van der Waals surface area contributed by atoms with Crippen LogP contribution < -0.4 is 0 Å². The number of aromatic nitrogens is 4. The largest absolute Gasteiger partial charge is 0.225 e. The Hall–Kier alpha value is -1.02. The lowest BCUT2D eigenvalue weighted by molar-refractivity contribution is 0.851. The molecule has 0 fully saturated rings. The summed E-state index contributed by atoms with van der Waals surface area (Å²) >= 11 is 3.94. The van der Waals surface area contributed by atoms with E-state index in [4.69, 9.17) is 0 Å². The zero-order chi connectivity index (χ0) is 12.0. The Labute approximate surface area is 116 Å². The van der Waals surface area contributed by atoms with Gasteiger partial charge in [-0.3, -0.25) is 0 Å². The molecule has 0 bridgehead atoms. The summed E-state index contributed by atoms with van der Waals surface area (Å²) < 4.78 is 2.91. The SMILES string of the molecule is Cc1sc2ncnc(-n3cc(I)cn3)c2c1C. The van der Waals surface area contributed by atoms with Crippen LogP contribution in [0.5, 0.6) is 0 Å². The number of hydrogen-bond donors (Lipinski definition) is 0. The van der Waals surface area contributed by atoms with Crippen LogP contribution in [0.3, 0.4) is 0 Å². The predicted octanol–water partition coefficient (Wildman–Crippen LogP) is 3.10. The summed E-state index contributed by atoms with van der Waals surface area (Å²) in [6, 6.07) is 0. The van der Waals surface area contributed by atoms with Crippen molar-refractivity contribution in [3.8, 4) is 5.82 Å². The summed E-state index contributed by atoms with van der Waals surface area (Å²) in [5, 5.41) is 5.42. The van der Waals surface area contributed by atoms with E-state index in [1.54, 1.807) is 17.7 Å². The van der Waals surface area contributed by atoms with E-state index in [1.165, 1.54) is 10.4 Å². The first-order valence-electron chi connectivity index (χ1n) is 5.08. The molecule has 0 aliphatic rings. The van der Waals surface area contributed by atoms with E-state index in [9.17, 15) is 0 Å². The summed E-state index contributed by atoms with van der Waals surface area (Å²) in [5.74, 6) is 0.861. The second-order valence-corrected chi connectivity index (χ2v) is 6.21. The molecule has 3 heterocycles. The van der Waals surface area contributed by atoms with Crippen molar-refractivity contribution in [3.63, 3.8) is 0 Å². The van der Waals surface area contributed by atoms with Crippen molar-refractivity contribution < 1.29 is 0 Å². The summed E-state index contributed by atoms with van der Waals surface area (Å²) in [6.45, 7) is 4.22. The smallest absolute Gasteiger partial charge is 0.165 e. The molecule has 0 aliphatic heterocycles. The van der Waals surface area contributed by atoms with E-state index in [0.29, 0.717) is 0 Å². The van der Waals surface area contributed by atoms with Crippen molar-refractivity contribution in [1.82, 2.24) is 19.7 Å². The van der Waals surface area contributed by atoms with Gasteiger partial charge in [-0.15, -0.1) is 11.3 Å². The molecular weight excluding hydrogens is 347 g/mol. The molecule has 0 radical (unpaired) electrons. The van der Waals surface area contributed by atoms with Crippen LogP contribution in [0.4, 0.5) is 0 Å². The van der Waals surface area contributed by atoms with Crippen LogP contribution in [-0.4, -0.2) is 19.7 Å². The lowest BCUT2D eigenvalue weighted by Gasteiger charge is -2.02. The second kappa shape index (κ2) is 4.02. The van der Waals surface area contributed by atoms with E-state index in [0.717, 1.165) is 19.6 Å². The van der Waals surface area contributed by atoms with Gasteiger partial charge in [0.25, 0.3) is 0 Å². The monoisotopic (exact) mass is 356 g/mol. The Kier molecular flexibility index (Phi) is 2.62. The number of thiophene rings is 1. The molecular formula is C11H9IN4S. The van der Waals surface area contributed by atoms with Crippen molar-refractivity contribution in [3.05, 3.63) is 32.7 Å². The van der Waals surface area contributed by atoms with Crippen LogP contribution in [0.15, 0.2) is 18.7 Å². The van der Waals surface area contributed by atoms with Crippen LogP contribution in [0.2, 0.25) is 0 Å². The van der Waals surface area contributed by atoms with Crippen molar-refractivity contribution in [2.75, 3.05) is 0 Å². The average molecular weight is 356 g/mol. The first kappa shape index (κ1) is 11.1. The lowest BCUT2D eigenvalue weighted by Crippen LogP contribution is -1.99. The molecule has 0 spiro atoms. The molecule has 0 amide bonds. The molecule has 86 valence electrons. The Morgan fingerprint density at radius 3 is 2.82 bits per heavy atom. The molecule has 0 aromatic carbocycles. The molecule has 3 aromatic rings. The van der Waals surface area contributed by atoms with Gasteiger partial charge in [-0.25, -0.2) is 14.6 Å². The molecule has 0 N–H and O–H groups in total. The summed E-state index contributed by atoms with van der Waals surface area (Å²) in [6.07, 6.45) is 5.39. The zero-order valence-electron chi connectivity index (χ0n) is 9.31. The topological polar surface area (TPSA) is 43.6 Å². The maximum atomic E-state index is 4.36. The molecule has 0 atom stereocenters. The minimum absolute atomic E-state index is 0.861. The quantitative estimate of drug-likeness (QED) is 0.630. The number of rotatable bonds is 1. The standard InChI is InChI=1S/C11H9IN4S/c1-6-7(2)17-11-9(6)10(13-5-14-11)16-4-8(12)3-15-16/h3-5H,1-2H3. The van der Waals surface area contributed by atoms with Gasteiger partial charge in [-0.05, 0) is 42.0 Å². The van der Waals surface area contributed by atoms with Gasteiger partial charge in [-0.1, -0.05) is 0 Å².